The Kier molecular flexibility index (Phi) is 7.53. The Morgan fingerprint density at radius 3 is 2.23 bits per heavy atom. The van der Waals surface area contributed by atoms with Crippen molar-refractivity contribution in [3.63, 3.8) is 0 Å². The number of benzene rings is 3. The van der Waals surface area contributed by atoms with E-state index >= 15 is 0 Å². The van der Waals surface area contributed by atoms with Crippen molar-refractivity contribution in [2.24, 2.45) is 0 Å². The molecular formula is C27H28N2O5S. The predicted octanol–water partition coefficient (Wildman–Crippen LogP) is 4.67. The van der Waals surface area contributed by atoms with Gasteiger partial charge in [-0.15, -0.1) is 0 Å². The van der Waals surface area contributed by atoms with Crippen molar-refractivity contribution in [2.45, 2.75) is 17.7 Å². The summed E-state index contributed by atoms with van der Waals surface area (Å²) in [5.74, 6) is 0.699. The van der Waals surface area contributed by atoms with Gasteiger partial charge in [0.1, 0.15) is 11.5 Å². The number of hydrogen-bond donors (Lipinski definition) is 1. The first-order valence-corrected chi connectivity index (χ1v) is 12.8. The zero-order valence-electron chi connectivity index (χ0n) is 19.7. The van der Waals surface area contributed by atoms with Gasteiger partial charge in [0.05, 0.1) is 24.8 Å². The summed E-state index contributed by atoms with van der Waals surface area (Å²) >= 11 is 0. The van der Waals surface area contributed by atoms with Crippen LogP contribution in [-0.4, -0.2) is 45.9 Å². The van der Waals surface area contributed by atoms with E-state index in [2.05, 4.69) is 5.32 Å². The lowest BCUT2D eigenvalue weighted by Gasteiger charge is -2.18. The van der Waals surface area contributed by atoms with Gasteiger partial charge in [-0.2, -0.15) is 4.31 Å². The summed E-state index contributed by atoms with van der Waals surface area (Å²) < 4.78 is 38.2. The average molecular weight is 493 g/mol. The second-order valence-corrected chi connectivity index (χ2v) is 10.1. The number of nitrogens with one attached hydrogen (secondary N) is 1. The number of carbonyl (C=O) groups is 1. The van der Waals surface area contributed by atoms with Crippen LogP contribution in [0.4, 0.5) is 5.69 Å². The fourth-order valence-electron chi connectivity index (χ4n) is 3.98. The van der Waals surface area contributed by atoms with Crippen LogP contribution in [0, 0.1) is 0 Å². The third-order valence-corrected chi connectivity index (χ3v) is 7.77. The summed E-state index contributed by atoms with van der Waals surface area (Å²) in [7, 11) is -0.576. The van der Waals surface area contributed by atoms with Crippen LogP contribution in [0.3, 0.4) is 0 Å². The molecule has 1 fully saturated rings. The number of nitrogens with zero attached hydrogens (tertiary/aromatic N) is 1. The topological polar surface area (TPSA) is 84.9 Å². The molecule has 0 radical (unpaired) electrons. The molecule has 1 aliphatic heterocycles. The van der Waals surface area contributed by atoms with Gasteiger partial charge in [-0.1, -0.05) is 42.5 Å². The van der Waals surface area contributed by atoms with E-state index in [1.165, 1.54) is 23.5 Å². The van der Waals surface area contributed by atoms with E-state index in [4.69, 9.17) is 9.47 Å². The van der Waals surface area contributed by atoms with Gasteiger partial charge >= 0.3 is 0 Å². The Bertz CT molecular complexity index is 1310. The van der Waals surface area contributed by atoms with Gasteiger partial charge in [0, 0.05) is 18.7 Å². The summed E-state index contributed by atoms with van der Waals surface area (Å²) in [6.45, 7) is 0.998. The van der Waals surface area contributed by atoms with Crippen LogP contribution < -0.4 is 14.8 Å². The number of rotatable bonds is 8. The van der Waals surface area contributed by atoms with Crippen molar-refractivity contribution in [1.82, 2.24) is 4.31 Å². The molecule has 1 amide bonds. The zero-order chi connectivity index (χ0) is 24.8. The van der Waals surface area contributed by atoms with Crippen molar-refractivity contribution in [1.29, 1.82) is 0 Å². The first-order valence-electron chi connectivity index (χ1n) is 11.3. The van der Waals surface area contributed by atoms with Crippen molar-refractivity contribution >= 4 is 33.3 Å². The first kappa shape index (κ1) is 24.5. The summed E-state index contributed by atoms with van der Waals surface area (Å²) in [5, 5.41) is 2.87. The summed E-state index contributed by atoms with van der Waals surface area (Å²) in [5.41, 5.74) is 2.25. The summed E-state index contributed by atoms with van der Waals surface area (Å²) in [4.78, 5) is 13.6. The lowest BCUT2D eigenvalue weighted by molar-refractivity contribution is -0.111. The molecule has 0 unspecified atom stereocenters. The van der Waals surface area contributed by atoms with Gasteiger partial charge in [0.2, 0.25) is 10.0 Å². The third kappa shape index (κ3) is 5.55. The monoisotopic (exact) mass is 492 g/mol. The fourth-order valence-corrected chi connectivity index (χ4v) is 5.52. The number of carbonyl (C=O) groups excluding carboxylic acids is 1. The second-order valence-electron chi connectivity index (χ2n) is 8.12. The maximum atomic E-state index is 13.5. The highest BCUT2D eigenvalue weighted by Crippen LogP contribution is 2.31. The molecule has 0 bridgehead atoms. The number of methoxy groups -OCH3 is 2. The molecule has 0 saturated carbocycles. The van der Waals surface area contributed by atoms with Gasteiger partial charge in [-0.25, -0.2) is 8.42 Å². The minimum Gasteiger partial charge on any atom is -0.497 e. The molecule has 0 aromatic heterocycles. The lowest BCUT2D eigenvalue weighted by Crippen LogP contribution is -2.28. The van der Waals surface area contributed by atoms with E-state index in [1.807, 2.05) is 54.6 Å². The van der Waals surface area contributed by atoms with E-state index < -0.39 is 10.0 Å². The molecule has 1 aliphatic rings. The molecule has 4 rings (SSSR count). The third-order valence-electron chi connectivity index (χ3n) is 5.88. The van der Waals surface area contributed by atoms with Crippen molar-refractivity contribution in [2.75, 3.05) is 32.6 Å². The minimum absolute atomic E-state index is 0.121. The van der Waals surface area contributed by atoms with E-state index in [1.54, 1.807) is 19.3 Å². The molecule has 1 N–H and O–H groups in total. The van der Waals surface area contributed by atoms with Crippen LogP contribution in [0.5, 0.6) is 11.5 Å². The molecule has 3 aromatic carbocycles. The minimum atomic E-state index is -3.65. The summed E-state index contributed by atoms with van der Waals surface area (Å²) in [6.07, 6.45) is 3.46. The van der Waals surface area contributed by atoms with E-state index in [0.29, 0.717) is 30.2 Å². The van der Waals surface area contributed by atoms with Crippen molar-refractivity contribution in [3.05, 3.63) is 83.9 Å². The molecule has 1 saturated heterocycles. The highest BCUT2D eigenvalue weighted by atomic mass is 32.2. The number of anilines is 1. The molecule has 8 heteroatoms. The number of hydrogen-bond acceptors (Lipinski definition) is 5. The van der Waals surface area contributed by atoms with E-state index in [9.17, 15) is 13.2 Å². The molecule has 35 heavy (non-hydrogen) atoms. The highest BCUT2D eigenvalue weighted by molar-refractivity contribution is 7.89. The number of sulfonamides is 1. The maximum absolute atomic E-state index is 13.5. The average Bonchev–Trinajstić information content (AvgIpc) is 3.44. The molecule has 0 aliphatic carbocycles. The van der Waals surface area contributed by atoms with Crippen LogP contribution in [0.2, 0.25) is 0 Å². The molecule has 182 valence electrons. The van der Waals surface area contributed by atoms with Crippen molar-refractivity contribution < 1.29 is 22.7 Å². The molecule has 0 spiro atoms. The van der Waals surface area contributed by atoms with E-state index in [0.717, 1.165) is 24.0 Å². The molecular weight excluding hydrogens is 464 g/mol. The van der Waals surface area contributed by atoms with Crippen LogP contribution in [-0.2, 0) is 14.8 Å². The van der Waals surface area contributed by atoms with Crippen molar-refractivity contribution in [3.8, 4) is 11.5 Å². The lowest BCUT2D eigenvalue weighted by atomic mass is 10.0. The van der Waals surface area contributed by atoms with Gasteiger partial charge in [0.25, 0.3) is 5.91 Å². The number of amides is 1. The Hall–Kier alpha value is -3.62. The summed E-state index contributed by atoms with van der Waals surface area (Å²) in [6, 6.07) is 21.2. The first-order chi connectivity index (χ1) is 16.9. The van der Waals surface area contributed by atoms with Crippen LogP contribution in [0.25, 0.3) is 11.6 Å². The largest absolute Gasteiger partial charge is 0.497 e. The molecule has 0 atom stereocenters. The standard InChI is InChI=1S/C27H28N2O5S/c1-33-22-12-10-20(11-13-22)18-24(21-8-4-3-5-9-21)27(30)28-25-19-23(14-15-26(25)34-2)35(31,32)29-16-6-7-17-29/h3-5,8-15,18-19H,6-7,16-17H2,1-2H3,(H,28,30)/b24-18+. The predicted molar refractivity (Wildman–Crippen MR) is 137 cm³/mol. The molecule has 1 heterocycles. The smallest absolute Gasteiger partial charge is 0.256 e. The van der Waals surface area contributed by atoms with Gasteiger partial charge in [-0.3, -0.25) is 4.79 Å². The number of ether oxygens (including phenoxy) is 2. The maximum Gasteiger partial charge on any atom is 0.256 e. The zero-order valence-corrected chi connectivity index (χ0v) is 20.5. The normalized spacial score (nSPS) is 14.5. The Balaban J connectivity index is 1.69. The van der Waals surface area contributed by atoms with E-state index in [-0.39, 0.29) is 16.5 Å². The van der Waals surface area contributed by atoms with Gasteiger partial charge < -0.3 is 14.8 Å². The fraction of sp³-hybridized carbons (Fsp3) is 0.222. The Morgan fingerprint density at radius 2 is 1.60 bits per heavy atom. The van der Waals surface area contributed by atoms with Crippen LogP contribution in [0.15, 0.2) is 77.7 Å². The quantitative estimate of drug-likeness (QED) is 0.365. The SMILES string of the molecule is COc1ccc(/C=C(/C(=O)Nc2cc(S(=O)(=O)N3CCCC3)ccc2OC)c2ccccc2)cc1. The molecule has 7 nitrogen and oxygen atoms in total. The highest BCUT2D eigenvalue weighted by Gasteiger charge is 2.28. The van der Waals surface area contributed by atoms with Crippen LogP contribution >= 0.6 is 0 Å². The Labute approximate surface area is 206 Å². The van der Waals surface area contributed by atoms with Crippen LogP contribution in [0.1, 0.15) is 24.0 Å². The van der Waals surface area contributed by atoms with Gasteiger partial charge in [0.15, 0.2) is 0 Å². The second kappa shape index (κ2) is 10.8. The molecule has 3 aromatic rings. The van der Waals surface area contributed by atoms with Gasteiger partial charge in [-0.05, 0) is 60.4 Å². The Morgan fingerprint density at radius 1 is 0.914 bits per heavy atom.